The van der Waals surface area contributed by atoms with E-state index in [1.54, 1.807) is 13.2 Å². The van der Waals surface area contributed by atoms with Crippen LogP contribution in [0.3, 0.4) is 0 Å². The molecule has 1 rings (SSSR count). The first-order valence-electron chi connectivity index (χ1n) is 5.30. The molecule has 0 unspecified atom stereocenters. The van der Waals surface area contributed by atoms with Crippen LogP contribution >= 0.6 is 0 Å². The van der Waals surface area contributed by atoms with E-state index in [0.29, 0.717) is 25.0 Å². The second-order valence-electron chi connectivity index (χ2n) is 3.28. The first-order valence-corrected chi connectivity index (χ1v) is 5.30. The van der Waals surface area contributed by atoms with Crippen LogP contribution in [0.25, 0.3) is 0 Å². The zero-order chi connectivity index (χ0) is 11.8. The molecule has 0 saturated carbocycles. The zero-order valence-electron chi connectivity index (χ0n) is 9.73. The van der Waals surface area contributed by atoms with Gasteiger partial charge in [-0.25, -0.2) is 4.98 Å². The number of hydrogen-bond donors (Lipinski definition) is 2. The molecule has 0 amide bonds. The summed E-state index contributed by atoms with van der Waals surface area (Å²) in [6.07, 6.45) is 2.67. The van der Waals surface area contributed by atoms with Gasteiger partial charge in [-0.05, 0) is 12.5 Å². The van der Waals surface area contributed by atoms with Gasteiger partial charge in [-0.1, -0.05) is 13.0 Å². The molecule has 0 aromatic carbocycles. The molecule has 3 N–H and O–H groups in total. The van der Waals surface area contributed by atoms with E-state index in [2.05, 4.69) is 22.2 Å². The number of nitrogens with zero attached hydrogens (tertiary/aromatic N) is 2. The minimum Gasteiger partial charge on any atom is -0.477 e. The molecular weight excluding hydrogens is 204 g/mol. The normalized spacial score (nSPS) is 11.2. The first kappa shape index (κ1) is 12.3. The van der Waals surface area contributed by atoms with Gasteiger partial charge in [0.1, 0.15) is 0 Å². The van der Waals surface area contributed by atoms with Gasteiger partial charge >= 0.3 is 0 Å². The van der Waals surface area contributed by atoms with Crippen LogP contribution in [0.5, 0.6) is 5.88 Å². The number of pyridine rings is 1. The average Bonchev–Trinajstić information content (AvgIpc) is 2.34. The second-order valence-corrected chi connectivity index (χ2v) is 3.28. The van der Waals surface area contributed by atoms with Gasteiger partial charge in [0, 0.05) is 25.4 Å². The SMILES string of the molecule is CCCOc1ncccc1CNC(N)=NC. The maximum absolute atomic E-state index is 5.55. The summed E-state index contributed by atoms with van der Waals surface area (Å²) < 4.78 is 5.52. The molecule has 5 nitrogen and oxygen atoms in total. The number of nitrogens with one attached hydrogen (secondary N) is 1. The smallest absolute Gasteiger partial charge is 0.218 e. The van der Waals surface area contributed by atoms with Crippen LogP contribution in [0.1, 0.15) is 18.9 Å². The molecule has 5 heteroatoms. The number of guanidine groups is 1. The van der Waals surface area contributed by atoms with Crippen molar-refractivity contribution in [1.82, 2.24) is 10.3 Å². The summed E-state index contributed by atoms with van der Waals surface area (Å²) in [7, 11) is 1.64. The van der Waals surface area contributed by atoms with Gasteiger partial charge < -0.3 is 15.8 Å². The van der Waals surface area contributed by atoms with Crippen molar-refractivity contribution in [3.05, 3.63) is 23.9 Å². The predicted octanol–water partition coefficient (Wildman–Crippen LogP) is 0.905. The molecule has 0 atom stereocenters. The summed E-state index contributed by atoms with van der Waals surface area (Å²) >= 11 is 0. The molecule has 1 heterocycles. The average molecular weight is 222 g/mol. The third-order valence-electron chi connectivity index (χ3n) is 1.99. The van der Waals surface area contributed by atoms with E-state index in [1.165, 1.54) is 0 Å². The fraction of sp³-hybridized carbons (Fsp3) is 0.455. The van der Waals surface area contributed by atoms with Crippen molar-refractivity contribution in [2.75, 3.05) is 13.7 Å². The predicted molar refractivity (Wildman–Crippen MR) is 64.4 cm³/mol. The maximum atomic E-state index is 5.55. The molecule has 0 aliphatic carbocycles. The fourth-order valence-corrected chi connectivity index (χ4v) is 1.15. The van der Waals surface area contributed by atoms with E-state index in [1.807, 2.05) is 12.1 Å². The van der Waals surface area contributed by atoms with Crippen LogP contribution in [0.2, 0.25) is 0 Å². The summed E-state index contributed by atoms with van der Waals surface area (Å²) in [5.41, 5.74) is 6.52. The molecular formula is C11H18N4O. The number of aliphatic imine (C=N–C) groups is 1. The van der Waals surface area contributed by atoms with Crippen molar-refractivity contribution in [3.63, 3.8) is 0 Å². The highest BCUT2D eigenvalue weighted by molar-refractivity contribution is 5.77. The van der Waals surface area contributed by atoms with Crippen molar-refractivity contribution in [2.45, 2.75) is 19.9 Å². The van der Waals surface area contributed by atoms with Gasteiger partial charge in [0.2, 0.25) is 5.88 Å². The van der Waals surface area contributed by atoms with Gasteiger partial charge in [-0.3, -0.25) is 4.99 Å². The van der Waals surface area contributed by atoms with Crippen molar-refractivity contribution < 1.29 is 4.74 Å². The highest BCUT2D eigenvalue weighted by Crippen LogP contribution is 2.13. The van der Waals surface area contributed by atoms with E-state index < -0.39 is 0 Å². The van der Waals surface area contributed by atoms with Gasteiger partial charge in [0.25, 0.3) is 0 Å². The molecule has 0 radical (unpaired) electrons. The maximum Gasteiger partial charge on any atom is 0.218 e. The summed E-state index contributed by atoms with van der Waals surface area (Å²) in [5.74, 6) is 1.06. The highest BCUT2D eigenvalue weighted by atomic mass is 16.5. The molecule has 0 aliphatic rings. The lowest BCUT2D eigenvalue weighted by Crippen LogP contribution is -2.30. The molecule has 0 spiro atoms. The molecule has 1 aromatic rings. The quantitative estimate of drug-likeness (QED) is 0.573. The number of nitrogens with two attached hydrogens (primary N) is 1. The van der Waals surface area contributed by atoms with Gasteiger partial charge in [0.05, 0.1) is 6.61 Å². The number of hydrogen-bond acceptors (Lipinski definition) is 3. The molecule has 1 aromatic heterocycles. The van der Waals surface area contributed by atoms with Crippen molar-refractivity contribution >= 4 is 5.96 Å². The topological polar surface area (TPSA) is 72.5 Å². The fourth-order valence-electron chi connectivity index (χ4n) is 1.15. The summed E-state index contributed by atoms with van der Waals surface area (Å²) in [6, 6.07) is 3.82. The largest absolute Gasteiger partial charge is 0.477 e. The van der Waals surface area contributed by atoms with Crippen LogP contribution in [0.15, 0.2) is 23.3 Å². The Balaban J connectivity index is 2.63. The molecule has 16 heavy (non-hydrogen) atoms. The standard InChI is InChI=1S/C11H18N4O/c1-3-7-16-10-9(5-4-6-14-10)8-15-11(12)13-2/h4-6H,3,7-8H2,1-2H3,(H3,12,13,15). The van der Waals surface area contributed by atoms with E-state index >= 15 is 0 Å². The number of rotatable bonds is 5. The van der Waals surface area contributed by atoms with E-state index in [0.717, 1.165) is 12.0 Å². The second kappa shape index (κ2) is 6.66. The lowest BCUT2D eigenvalue weighted by Gasteiger charge is -2.10. The van der Waals surface area contributed by atoms with Crippen LogP contribution < -0.4 is 15.8 Å². The van der Waals surface area contributed by atoms with Gasteiger partial charge in [-0.15, -0.1) is 0 Å². The molecule has 0 saturated heterocycles. The van der Waals surface area contributed by atoms with Crippen molar-refractivity contribution in [2.24, 2.45) is 10.7 Å². The lowest BCUT2D eigenvalue weighted by molar-refractivity contribution is 0.301. The van der Waals surface area contributed by atoms with Crippen LogP contribution in [0, 0.1) is 0 Å². The van der Waals surface area contributed by atoms with E-state index in [-0.39, 0.29) is 0 Å². The number of ether oxygens (including phenoxy) is 1. The minimum absolute atomic E-state index is 0.408. The Bertz CT molecular complexity index is 352. The molecule has 0 fully saturated rings. The zero-order valence-corrected chi connectivity index (χ0v) is 9.73. The summed E-state index contributed by atoms with van der Waals surface area (Å²) in [6.45, 7) is 3.29. The Hall–Kier alpha value is -1.78. The van der Waals surface area contributed by atoms with E-state index in [4.69, 9.17) is 10.5 Å². The first-order chi connectivity index (χ1) is 7.77. The van der Waals surface area contributed by atoms with Crippen molar-refractivity contribution in [3.8, 4) is 5.88 Å². The third-order valence-corrected chi connectivity index (χ3v) is 1.99. The van der Waals surface area contributed by atoms with Crippen LogP contribution in [-0.2, 0) is 6.54 Å². The molecule has 0 bridgehead atoms. The molecule has 88 valence electrons. The Morgan fingerprint density at radius 1 is 1.62 bits per heavy atom. The summed E-state index contributed by atoms with van der Waals surface area (Å²) in [4.78, 5) is 7.99. The Labute approximate surface area is 95.7 Å². The monoisotopic (exact) mass is 222 g/mol. The Morgan fingerprint density at radius 2 is 2.44 bits per heavy atom. The van der Waals surface area contributed by atoms with Crippen LogP contribution in [-0.4, -0.2) is 24.6 Å². The number of aromatic nitrogens is 1. The van der Waals surface area contributed by atoms with Gasteiger partial charge in [-0.2, -0.15) is 0 Å². The van der Waals surface area contributed by atoms with Crippen LogP contribution in [0.4, 0.5) is 0 Å². The summed E-state index contributed by atoms with van der Waals surface area (Å²) in [5, 5.41) is 2.97. The van der Waals surface area contributed by atoms with Gasteiger partial charge in [0.15, 0.2) is 5.96 Å². The van der Waals surface area contributed by atoms with E-state index in [9.17, 15) is 0 Å². The minimum atomic E-state index is 0.408. The lowest BCUT2D eigenvalue weighted by atomic mass is 10.2. The Morgan fingerprint density at radius 3 is 3.12 bits per heavy atom. The highest BCUT2D eigenvalue weighted by Gasteiger charge is 2.03. The Kier molecular flexibility index (Phi) is 5.11. The molecule has 0 aliphatic heterocycles. The van der Waals surface area contributed by atoms with Crippen molar-refractivity contribution in [1.29, 1.82) is 0 Å². The third kappa shape index (κ3) is 3.76.